The van der Waals surface area contributed by atoms with Gasteiger partial charge in [0.05, 0.1) is 12.7 Å². The van der Waals surface area contributed by atoms with Crippen LogP contribution in [0.25, 0.3) is 0 Å². The summed E-state index contributed by atoms with van der Waals surface area (Å²) in [5.41, 5.74) is 1.05. The van der Waals surface area contributed by atoms with Gasteiger partial charge in [0.25, 0.3) is 0 Å². The molecule has 8 heteroatoms. The average molecular weight is 363 g/mol. The van der Waals surface area contributed by atoms with Crippen LogP contribution >= 0.6 is 0 Å². The minimum absolute atomic E-state index is 0.0175. The van der Waals surface area contributed by atoms with E-state index in [1.165, 1.54) is 50.4 Å². The SMILES string of the molecule is COC(=O)c1ccc(OS(=O)(=O)c2ccc(CNC(C)=O)cc2)cc1. The van der Waals surface area contributed by atoms with Crippen molar-refractivity contribution in [3.63, 3.8) is 0 Å². The number of hydrogen-bond acceptors (Lipinski definition) is 6. The maximum absolute atomic E-state index is 12.3. The first-order valence-corrected chi connectivity index (χ1v) is 8.69. The number of amides is 1. The van der Waals surface area contributed by atoms with Gasteiger partial charge in [-0.15, -0.1) is 0 Å². The fraction of sp³-hybridized carbons (Fsp3) is 0.176. The average Bonchev–Trinajstić information content (AvgIpc) is 2.60. The van der Waals surface area contributed by atoms with Crippen molar-refractivity contribution in [1.29, 1.82) is 0 Å². The second-order valence-electron chi connectivity index (χ2n) is 5.11. The summed E-state index contributed by atoms with van der Waals surface area (Å²) >= 11 is 0. The highest BCUT2D eigenvalue weighted by molar-refractivity contribution is 7.87. The highest BCUT2D eigenvalue weighted by Gasteiger charge is 2.17. The Balaban J connectivity index is 2.10. The van der Waals surface area contributed by atoms with Gasteiger partial charge in [0, 0.05) is 13.5 Å². The lowest BCUT2D eigenvalue weighted by Gasteiger charge is -2.08. The third kappa shape index (κ3) is 5.05. The van der Waals surface area contributed by atoms with Gasteiger partial charge in [0.2, 0.25) is 5.91 Å². The molecule has 0 fully saturated rings. The van der Waals surface area contributed by atoms with Crippen LogP contribution in [-0.4, -0.2) is 27.4 Å². The number of ether oxygens (including phenoxy) is 1. The number of esters is 1. The number of benzene rings is 2. The van der Waals surface area contributed by atoms with Crippen molar-refractivity contribution in [3.8, 4) is 5.75 Å². The molecule has 132 valence electrons. The molecule has 25 heavy (non-hydrogen) atoms. The summed E-state index contributed by atoms with van der Waals surface area (Å²) < 4.78 is 34.2. The first-order chi connectivity index (χ1) is 11.8. The largest absolute Gasteiger partial charge is 0.465 e. The summed E-state index contributed by atoms with van der Waals surface area (Å²) in [6, 6.07) is 11.5. The molecule has 0 aliphatic heterocycles. The van der Waals surface area contributed by atoms with Crippen molar-refractivity contribution in [2.45, 2.75) is 18.4 Å². The Labute approximate surface area is 145 Å². The maximum Gasteiger partial charge on any atom is 0.339 e. The van der Waals surface area contributed by atoms with E-state index in [0.717, 1.165) is 5.56 Å². The second-order valence-corrected chi connectivity index (χ2v) is 6.65. The Morgan fingerprint density at radius 2 is 1.60 bits per heavy atom. The topological polar surface area (TPSA) is 98.8 Å². The zero-order valence-electron chi connectivity index (χ0n) is 13.7. The van der Waals surface area contributed by atoms with Crippen molar-refractivity contribution in [2.24, 2.45) is 0 Å². The van der Waals surface area contributed by atoms with Gasteiger partial charge in [-0.3, -0.25) is 4.79 Å². The van der Waals surface area contributed by atoms with E-state index in [0.29, 0.717) is 6.54 Å². The molecule has 0 saturated heterocycles. The van der Waals surface area contributed by atoms with E-state index in [1.54, 1.807) is 12.1 Å². The van der Waals surface area contributed by atoms with Crippen molar-refractivity contribution in [3.05, 3.63) is 59.7 Å². The molecule has 0 heterocycles. The van der Waals surface area contributed by atoms with E-state index in [-0.39, 0.29) is 22.1 Å². The Kier molecular flexibility index (Phi) is 5.76. The van der Waals surface area contributed by atoms with E-state index >= 15 is 0 Å². The molecule has 0 radical (unpaired) electrons. The van der Waals surface area contributed by atoms with Crippen LogP contribution in [0, 0.1) is 0 Å². The minimum Gasteiger partial charge on any atom is -0.465 e. The number of nitrogens with one attached hydrogen (secondary N) is 1. The van der Waals surface area contributed by atoms with Crippen LogP contribution in [0.2, 0.25) is 0 Å². The molecule has 2 rings (SSSR count). The van der Waals surface area contributed by atoms with Crippen molar-refractivity contribution >= 4 is 22.0 Å². The lowest BCUT2D eigenvalue weighted by molar-refractivity contribution is -0.119. The van der Waals surface area contributed by atoms with Crippen LogP contribution in [0.15, 0.2) is 53.4 Å². The van der Waals surface area contributed by atoms with E-state index < -0.39 is 16.1 Å². The standard InChI is InChI=1S/C17H17NO6S/c1-12(19)18-11-13-3-9-16(10-4-13)25(21,22)24-15-7-5-14(6-8-15)17(20)23-2/h3-10H,11H2,1-2H3,(H,18,19). The number of hydrogen-bond donors (Lipinski definition) is 1. The maximum atomic E-state index is 12.3. The van der Waals surface area contributed by atoms with Crippen LogP contribution in [-0.2, 0) is 26.2 Å². The predicted octanol–water partition coefficient (Wildman–Crippen LogP) is 1.88. The molecule has 0 saturated carbocycles. The van der Waals surface area contributed by atoms with Gasteiger partial charge in [-0.1, -0.05) is 12.1 Å². The molecule has 0 aliphatic carbocycles. The predicted molar refractivity (Wildman–Crippen MR) is 89.6 cm³/mol. The number of methoxy groups -OCH3 is 1. The van der Waals surface area contributed by atoms with E-state index in [9.17, 15) is 18.0 Å². The third-order valence-corrected chi connectivity index (χ3v) is 4.50. The molecule has 0 spiro atoms. The first kappa shape index (κ1) is 18.5. The highest BCUT2D eigenvalue weighted by Crippen LogP contribution is 2.20. The van der Waals surface area contributed by atoms with E-state index in [2.05, 4.69) is 10.1 Å². The van der Waals surface area contributed by atoms with Gasteiger partial charge in [-0.05, 0) is 42.0 Å². The van der Waals surface area contributed by atoms with Crippen LogP contribution in [0.1, 0.15) is 22.8 Å². The molecule has 1 amide bonds. The van der Waals surface area contributed by atoms with Gasteiger partial charge in [0.15, 0.2) is 0 Å². The molecular formula is C17H17NO6S. The van der Waals surface area contributed by atoms with Crippen molar-refractivity contribution in [1.82, 2.24) is 5.32 Å². The van der Waals surface area contributed by atoms with Crippen LogP contribution in [0.4, 0.5) is 0 Å². The summed E-state index contributed by atoms with van der Waals surface area (Å²) in [5, 5.41) is 2.62. The lowest BCUT2D eigenvalue weighted by Crippen LogP contribution is -2.19. The van der Waals surface area contributed by atoms with Gasteiger partial charge in [-0.2, -0.15) is 8.42 Å². The Morgan fingerprint density at radius 3 is 2.12 bits per heavy atom. The normalized spacial score (nSPS) is 10.8. The smallest absolute Gasteiger partial charge is 0.339 e. The van der Waals surface area contributed by atoms with Gasteiger partial charge in [-0.25, -0.2) is 4.79 Å². The Hall–Kier alpha value is -2.87. The second kappa shape index (κ2) is 7.80. The van der Waals surface area contributed by atoms with Gasteiger partial charge in [0.1, 0.15) is 10.6 Å². The third-order valence-electron chi connectivity index (χ3n) is 3.23. The van der Waals surface area contributed by atoms with E-state index in [4.69, 9.17) is 4.18 Å². The summed E-state index contributed by atoms with van der Waals surface area (Å²) in [6.07, 6.45) is 0. The minimum atomic E-state index is -4.00. The molecule has 2 aromatic rings. The lowest BCUT2D eigenvalue weighted by atomic mass is 10.2. The zero-order valence-corrected chi connectivity index (χ0v) is 14.5. The fourth-order valence-corrected chi connectivity index (χ4v) is 2.87. The molecule has 7 nitrogen and oxygen atoms in total. The molecule has 0 unspecified atom stereocenters. The summed E-state index contributed by atoms with van der Waals surface area (Å²) in [6.45, 7) is 1.71. The molecule has 0 aliphatic rings. The quantitative estimate of drug-likeness (QED) is 0.621. The zero-order chi connectivity index (χ0) is 18.4. The molecule has 0 bridgehead atoms. The van der Waals surface area contributed by atoms with Crippen molar-refractivity contribution in [2.75, 3.05) is 7.11 Å². The molecule has 0 aromatic heterocycles. The highest BCUT2D eigenvalue weighted by atomic mass is 32.2. The van der Waals surface area contributed by atoms with Crippen molar-refractivity contribution < 1.29 is 26.9 Å². The fourth-order valence-electron chi connectivity index (χ4n) is 1.94. The summed E-state index contributed by atoms with van der Waals surface area (Å²) in [4.78, 5) is 22.2. The number of carbonyl (C=O) groups is 2. The molecule has 1 N–H and O–H groups in total. The Bertz CT molecular complexity index is 857. The first-order valence-electron chi connectivity index (χ1n) is 7.28. The Morgan fingerprint density at radius 1 is 1.00 bits per heavy atom. The van der Waals surface area contributed by atoms with Gasteiger partial charge < -0.3 is 14.2 Å². The summed E-state index contributed by atoms with van der Waals surface area (Å²) in [5.74, 6) is -0.616. The molecule has 0 atom stereocenters. The molecular weight excluding hydrogens is 346 g/mol. The molecule has 2 aromatic carbocycles. The van der Waals surface area contributed by atoms with Crippen LogP contribution in [0.3, 0.4) is 0 Å². The number of rotatable bonds is 6. The monoisotopic (exact) mass is 363 g/mol. The van der Waals surface area contributed by atoms with Crippen LogP contribution in [0.5, 0.6) is 5.75 Å². The van der Waals surface area contributed by atoms with Gasteiger partial charge >= 0.3 is 16.1 Å². The summed E-state index contributed by atoms with van der Waals surface area (Å²) in [7, 11) is -2.75. The number of carbonyl (C=O) groups excluding carboxylic acids is 2. The van der Waals surface area contributed by atoms with E-state index in [1.807, 2.05) is 0 Å². The van der Waals surface area contributed by atoms with Crippen LogP contribution < -0.4 is 9.50 Å².